The summed E-state index contributed by atoms with van der Waals surface area (Å²) in [6.45, 7) is 0.194. The third kappa shape index (κ3) is 3.24. The van der Waals surface area contributed by atoms with Gasteiger partial charge in [0.05, 0.1) is 16.3 Å². The number of carboxylic acid groups (broad SMARTS) is 1. The fourth-order valence-electron chi connectivity index (χ4n) is 1.67. The maximum Gasteiger partial charge on any atom is 0.338 e. The first-order valence-corrected chi connectivity index (χ1v) is 6.06. The third-order valence-corrected chi connectivity index (χ3v) is 3.00. The summed E-state index contributed by atoms with van der Waals surface area (Å²) >= 11 is 5.88. The molecule has 0 amide bonds. The van der Waals surface area contributed by atoms with Crippen LogP contribution in [0.4, 0.5) is 14.5 Å². The Labute approximate surface area is 118 Å². The Hall–Kier alpha value is -2.14. The van der Waals surface area contributed by atoms with Crippen LogP contribution >= 0.6 is 11.6 Å². The number of aromatic carboxylic acids is 1. The van der Waals surface area contributed by atoms with E-state index in [0.717, 1.165) is 6.07 Å². The van der Waals surface area contributed by atoms with Crippen molar-refractivity contribution in [3.05, 3.63) is 64.2 Å². The summed E-state index contributed by atoms with van der Waals surface area (Å²) in [4.78, 5) is 10.7. The predicted molar refractivity (Wildman–Crippen MR) is 72.1 cm³/mol. The molecule has 2 N–H and O–H groups in total. The van der Waals surface area contributed by atoms with E-state index in [1.54, 1.807) is 0 Å². The molecule has 0 fully saturated rings. The first kappa shape index (κ1) is 14.3. The highest BCUT2D eigenvalue weighted by Gasteiger charge is 2.10. The van der Waals surface area contributed by atoms with Crippen molar-refractivity contribution in [2.45, 2.75) is 6.54 Å². The molecule has 0 saturated carbocycles. The Morgan fingerprint density at radius 3 is 2.60 bits per heavy atom. The van der Waals surface area contributed by atoms with Crippen molar-refractivity contribution in [2.24, 2.45) is 0 Å². The second kappa shape index (κ2) is 5.88. The molecule has 2 aromatic carbocycles. The predicted octanol–water partition coefficient (Wildman–Crippen LogP) is 3.93. The average molecular weight is 298 g/mol. The number of hydrogen-bond acceptors (Lipinski definition) is 2. The normalized spacial score (nSPS) is 10.3. The molecule has 0 aliphatic carbocycles. The van der Waals surface area contributed by atoms with E-state index in [0.29, 0.717) is 16.3 Å². The van der Waals surface area contributed by atoms with Crippen LogP contribution in [0.5, 0.6) is 0 Å². The first-order valence-electron chi connectivity index (χ1n) is 5.68. The highest BCUT2D eigenvalue weighted by molar-refractivity contribution is 6.33. The van der Waals surface area contributed by atoms with Crippen LogP contribution in [0.25, 0.3) is 0 Å². The van der Waals surface area contributed by atoms with Crippen molar-refractivity contribution < 1.29 is 18.7 Å². The lowest BCUT2D eigenvalue weighted by molar-refractivity contribution is 0.0692. The molecule has 2 aromatic rings. The van der Waals surface area contributed by atoms with Gasteiger partial charge in [-0.1, -0.05) is 17.7 Å². The van der Waals surface area contributed by atoms with Gasteiger partial charge in [0.15, 0.2) is 0 Å². The van der Waals surface area contributed by atoms with Crippen molar-refractivity contribution >= 4 is 23.3 Å². The largest absolute Gasteiger partial charge is 0.478 e. The van der Waals surface area contributed by atoms with Gasteiger partial charge in [0.25, 0.3) is 0 Å². The minimum Gasteiger partial charge on any atom is -0.478 e. The molecular weight excluding hydrogens is 288 g/mol. The second-order valence-electron chi connectivity index (χ2n) is 4.10. The van der Waals surface area contributed by atoms with Crippen LogP contribution < -0.4 is 5.32 Å². The lowest BCUT2D eigenvalue weighted by Crippen LogP contribution is -2.04. The monoisotopic (exact) mass is 297 g/mol. The molecule has 0 spiro atoms. The van der Waals surface area contributed by atoms with Crippen LogP contribution in [-0.2, 0) is 6.54 Å². The van der Waals surface area contributed by atoms with Gasteiger partial charge in [0.1, 0.15) is 11.6 Å². The lowest BCUT2D eigenvalue weighted by Gasteiger charge is -2.09. The fourth-order valence-corrected chi connectivity index (χ4v) is 1.86. The second-order valence-corrected chi connectivity index (χ2v) is 4.50. The number of benzene rings is 2. The molecule has 0 aliphatic heterocycles. The molecule has 0 aromatic heterocycles. The average Bonchev–Trinajstić information content (AvgIpc) is 2.39. The van der Waals surface area contributed by atoms with Crippen molar-refractivity contribution in [1.29, 1.82) is 0 Å². The molecule has 2 rings (SSSR count). The van der Waals surface area contributed by atoms with E-state index in [2.05, 4.69) is 5.32 Å². The van der Waals surface area contributed by atoms with Gasteiger partial charge in [-0.15, -0.1) is 0 Å². The van der Waals surface area contributed by atoms with E-state index in [4.69, 9.17) is 16.7 Å². The van der Waals surface area contributed by atoms with Gasteiger partial charge in [-0.25, -0.2) is 13.6 Å². The molecule has 0 heterocycles. The Morgan fingerprint density at radius 2 is 1.95 bits per heavy atom. The van der Waals surface area contributed by atoms with Crippen molar-refractivity contribution in [2.75, 3.05) is 5.32 Å². The van der Waals surface area contributed by atoms with E-state index in [9.17, 15) is 13.6 Å². The molecule has 0 radical (unpaired) electrons. The molecule has 0 unspecified atom stereocenters. The van der Waals surface area contributed by atoms with Crippen LogP contribution in [0.15, 0.2) is 36.4 Å². The number of carbonyl (C=O) groups is 1. The van der Waals surface area contributed by atoms with E-state index >= 15 is 0 Å². The minimum atomic E-state index is -1.32. The number of nitrogens with one attached hydrogen (secondary N) is 1. The topological polar surface area (TPSA) is 49.3 Å². The van der Waals surface area contributed by atoms with Gasteiger partial charge in [-0.2, -0.15) is 0 Å². The van der Waals surface area contributed by atoms with Gasteiger partial charge >= 0.3 is 5.97 Å². The number of hydrogen-bond donors (Lipinski definition) is 2. The molecule has 0 bridgehead atoms. The zero-order valence-corrected chi connectivity index (χ0v) is 10.9. The molecule has 0 atom stereocenters. The molecule has 0 saturated heterocycles. The summed E-state index contributed by atoms with van der Waals surface area (Å²) in [6, 6.07) is 7.64. The Balaban J connectivity index is 2.13. The van der Waals surface area contributed by atoms with Crippen LogP contribution in [0.2, 0.25) is 5.02 Å². The minimum absolute atomic E-state index is 0.194. The van der Waals surface area contributed by atoms with Gasteiger partial charge in [0, 0.05) is 6.54 Å². The number of rotatable bonds is 4. The fraction of sp³-hybridized carbons (Fsp3) is 0.0714. The number of anilines is 1. The Morgan fingerprint density at radius 1 is 1.20 bits per heavy atom. The van der Waals surface area contributed by atoms with Gasteiger partial charge in [-0.3, -0.25) is 0 Å². The summed E-state index contributed by atoms with van der Waals surface area (Å²) in [5, 5.41) is 11.9. The SMILES string of the molecule is O=C(O)c1ccc(CNc2cc(F)ccc2Cl)cc1F. The maximum absolute atomic E-state index is 13.5. The standard InChI is InChI=1S/C14H10ClF2NO2/c15-11-4-2-9(16)6-13(11)18-7-8-1-3-10(14(19)20)12(17)5-8/h1-6,18H,7H2,(H,19,20). The summed E-state index contributed by atoms with van der Waals surface area (Å²) in [5.74, 6) is -2.58. The van der Waals surface area contributed by atoms with Crippen molar-refractivity contribution in [3.8, 4) is 0 Å². The Kier molecular flexibility index (Phi) is 4.20. The highest BCUT2D eigenvalue weighted by atomic mass is 35.5. The van der Waals surface area contributed by atoms with Crippen LogP contribution in [0, 0.1) is 11.6 Å². The summed E-state index contributed by atoms with van der Waals surface area (Å²) in [5.41, 5.74) is 0.514. The molecular formula is C14H10ClF2NO2. The molecule has 104 valence electrons. The van der Waals surface area contributed by atoms with Crippen molar-refractivity contribution in [1.82, 2.24) is 0 Å². The quantitative estimate of drug-likeness (QED) is 0.899. The molecule has 20 heavy (non-hydrogen) atoms. The molecule has 0 aliphatic rings. The van der Waals surface area contributed by atoms with Crippen molar-refractivity contribution in [3.63, 3.8) is 0 Å². The third-order valence-electron chi connectivity index (χ3n) is 2.68. The van der Waals surface area contributed by atoms with Gasteiger partial charge in [-0.05, 0) is 35.9 Å². The van der Waals surface area contributed by atoms with E-state index in [1.807, 2.05) is 0 Å². The lowest BCUT2D eigenvalue weighted by atomic mass is 10.1. The van der Waals surface area contributed by atoms with Gasteiger partial charge < -0.3 is 10.4 Å². The number of halogens is 3. The smallest absolute Gasteiger partial charge is 0.338 e. The molecule has 3 nitrogen and oxygen atoms in total. The maximum atomic E-state index is 13.5. The molecule has 6 heteroatoms. The van der Waals surface area contributed by atoms with Crippen LogP contribution in [0.3, 0.4) is 0 Å². The summed E-state index contributed by atoms with van der Waals surface area (Å²) < 4.78 is 26.5. The van der Waals surface area contributed by atoms with Gasteiger partial charge in [0.2, 0.25) is 0 Å². The van der Waals surface area contributed by atoms with E-state index in [-0.39, 0.29) is 6.54 Å². The highest BCUT2D eigenvalue weighted by Crippen LogP contribution is 2.23. The Bertz CT molecular complexity index is 662. The first-order chi connectivity index (χ1) is 9.47. The van der Waals surface area contributed by atoms with E-state index < -0.39 is 23.2 Å². The zero-order valence-electron chi connectivity index (χ0n) is 10.2. The number of carboxylic acids is 1. The van der Waals surface area contributed by atoms with Crippen LogP contribution in [0.1, 0.15) is 15.9 Å². The summed E-state index contributed by atoms with van der Waals surface area (Å²) in [6.07, 6.45) is 0. The van der Waals surface area contributed by atoms with E-state index in [1.165, 1.54) is 30.3 Å². The zero-order chi connectivity index (χ0) is 14.7. The summed E-state index contributed by atoms with van der Waals surface area (Å²) in [7, 11) is 0. The van der Waals surface area contributed by atoms with Crippen LogP contribution in [-0.4, -0.2) is 11.1 Å².